The number of Topliss-reactive ketones (excluding diaryl/α,β-unsaturated/α-hetero) is 1. The van der Waals surface area contributed by atoms with Gasteiger partial charge in [0.2, 0.25) is 0 Å². The molecule has 0 aromatic heterocycles. The third-order valence-corrected chi connectivity index (χ3v) is 2.21. The van der Waals surface area contributed by atoms with Gasteiger partial charge in [0.05, 0.1) is 0 Å². The van der Waals surface area contributed by atoms with Crippen LogP contribution in [0.15, 0.2) is 12.7 Å². The third kappa shape index (κ3) is 5.51. The molecule has 0 aromatic rings. The van der Waals surface area contributed by atoms with Crippen LogP contribution >= 0.6 is 0 Å². The molecule has 0 fully saturated rings. The molecule has 0 bridgehead atoms. The van der Waals surface area contributed by atoms with E-state index in [1.54, 1.807) is 0 Å². The average molecular weight is 198 g/mol. The van der Waals surface area contributed by atoms with E-state index >= 15 is 0 Å². The van der Waals surface area contributed by atoms with Gasteiger partial charge in [-0.25, -0.2) is 4.79 Å². The Morgan fingerprint density at radius 3 is 2.36 bits per heavy atom. The minimum absolute atomic E-state index is 0.0195. The summed E-state index contributed by atoms with van der Waals surface area (Å²) >= 11 is 0. The second-order valence-corrected chi connectivity index (χ2v) is 3.24. The van der Waals surface area contributed by atoms with Crippen molar-refractivity contribution in [3.8, 4) is 0 Å². The first-order valence-corrected chi connectivity index (χ1v) is 4.94. The first-order chi connectivity index (χ1) is 6.63. The van der Waals surface area contributed by atoms with Gasteiger partial charge in [0.25, 0.3) is 0 Å². The Labute approximate surface area is 85.1 Å². The number of hydrogen-bond donors (Lipinski definition) is 0. The maximum absolute atomic E-state index is 11.3. The molecule has 0 rings (SSSR count). The molecular formula is C11H18O3. The van der Waals surface area contributed by atoms with E-state index < -0.39 is 5.97 Å². The average Bonchev–Trinajstić information content (AvgIpc) is 2.22. The first-order valence-electron chi connectivity index (χ1n) is 4.94. The number of esters is 1. The van der Waals surface area contributed by atoms with E-state index in [1.165, 1.54) is 0 Å². The molecule has 0 spiro atoms. The van der Waals surface area contributed by atoms with Crippen molar-refractivity contribution in [2.75, 3.05) is 6.61 Å². The van der Waals surface area contributed by atoms with Crippen molar-refractivity contribution in [3.63, 3.8) is 0 Å². The van der Waals surface area contributed by atoms with E-state index in [-0.39, 0.29) is 12.4 Å². The Morgan fingerprint density at radius 1 is 1.36 bits per heavy atom. The standard InChI is InChI=1S/C11H18O3/c1-4-9(5-2)7-10(12)8-14-11(13)6-3/h6,9H,3-5,7-8H2,1-2H3. The van der Waals surface area contributed by atoms with Crippen LogP contribution in [0.3, 0.4) is 0 Å². The molecule has 0 aromatic carbocycles. The fourth-order valence-corrected chi connectivity index (χ4v) is 1.17. The summed E-state index contributed by atoms with van der Waals surface area (Å²) in [4.78, 5) is 21.9. The molecule has 0 saturated heterocycles. The molecule has 0 radical (unpaired) electrons. The van der Waals surface area contributed by atoms with Crippen LogP contribution < -0.4 is 0 Å². The highest BCUT2D eigenvalue weighted by Gasteiger charge is 2.11. The summed E-state index contributed by atoms with van der Waals surface area (Å²) in [6.45, 7) is 7.23. The second kappa shape index (κ2) is 7.30. The molecule has 0 heterocycles. The van der Waals surface area contributed by atoms with E-state index in [2.05, 4.69) is 25.2 Å². The maximum atomic E-state index is 11.3. The van der Waals surface area contributed by atoms with Gasteiger partial charge >= 0.3 is 5.97 Å². The van der Waals surface area contributed by atoms with Crippen LogP contribution in [0, 0.1) is 5.92 Å². The molecular weight excluding hydrogens is 180 g/mol. The number of carbonyl (C=O) groups is 2. The minimum Gasteiger partial charge on any atom is -0.455 e. The van der Waals surface area contributed by atoms with Crippen molar-refractivity contribution in [3.05, 3.63) is 12.7 Å². The maximum Gasteiger partial charge on any atom is 0.330 e. The lowest BCUT2D eigenvalue weighted by Gasteiger charge is -2.10. The highest BCUT2D eigenvalue weighted by Crippen LogP contribution is 2.12. The Kier molecular flexibility index (Phi) is 6.72. The van der Waals surface area contributed by atoms with Crippen LogP contribution in [0.2, 0.25) is 0 Å². The van der Waals surface area contributed by atoms with Gasteiger partial charge < -0.3 is 4.74 Å². The molecule has 3 heteroatoms. The number of ether oxygens (including phenoxy) is 1. The van der Waals surface area contributed by atoms with E-state index in [1.807, 2.05) is 0 Å². The van der Waals surface area contributed by atoms with Crippen molar-refractivity contribution in [2.24, 2.45) is 5.92 Å². The van der Waals surface area contributed by atoms with Gasteiger partial charge in [-0.15, -0.1) is 0 Å². The predicted molar refractivity (Wildman–Crippen MR) is 54.9 cm³/mol. The van der Waals surface area contributed by atoms with Crippen LogP contribution in [-0.4, -0.2) is 18.4 Å². The molecule has 0 N–H and O–H groups in total. The Bertz CT molecular complexity index is 205. The van der Waals surface area contributed by atoms with Gasteiger partial charge in [-0.05, 0) is 5.92 Å². The molecule has 0 aliphatic heterocycles. The van der Waals surface area contributed by atoms with Gasteiger partial charge in [0.1, 0.15) is 6.61 Å². The van der Waals surface area contributed by atoms with E-state index in [9.17, 15) is 9.59 Å². The minimum atomic E-state index is -0.539. The Hall–Kier alpha value is -1.12. The summed E-state index contributed by atoms with van der Waals surface area (Å²) in [6, 6.07) is 0. The van der Waals surface area contributed by atoms with Crippen molar-refractivity contribution in [1.82, 2.24) is 0 Å². The smallest absolute Gasteiger partial charge is 0.330 e. The highest BCUT2D eigenvalue weighted by atomic mass is 16.5. The first kappa shape index (κ1) is 12.9. The van der Waals surface area contributed by atoms with Crippen LogP contribution in [0.4, 0.5) is 0 Å². The normalized spacial score (nSPS) is 9.93. The van der Waals surface area contributed by atoms with E-state index in [0.717, 1.165) is 18.9 Å². The van der Waals surface area contributed by atoms with E-state index in [4.69, 9.17) is 0 Å². The lowest BCUT2D eigenvalue weighted by atomic mass is 9.97. The van der Waals surface area contributed by atoms with Gasteiger partial charge in [-0.1, -0.05) is 33.3 Å². The van der Waals surface area contributed by atoms with Crippen LogP contribution in [0.25, 0.3) is 0 Å². The number of hydrogen-bond acceptors (Lipinski definition) is 3. The summed E-state index contributed by atoms with van der Waals surface area (Å²) < 4.78 is 4.64. The fourth-order valence-electron chi connectivity index (χ4n) is 1.17. The molecule has 0 aliphatic rings. The zero-order chi connectivity index (χ0) is 11.0. The van der Waals surface area contributed by atoms with Gasteiger partial charge in [-0.2, -0.15) is 0 Å². The van der Waals surface area contributed by atoms with Crippen molar-refractivity contribution in [1.29, 1.82) is 0 Å². The predicted octanol–water partition coefficient (Wildman–Crippen LogP) is 2.11. The molecule has 14 heavy (non-hydrogen) atoms. The largest absolute Gasteiger partial charge is 0.455 e. The van der Waals surface area contributed by atoms with Crippen LogP contribution in [0.1, 0.15) is 33.1 Å². The molecule has 3 nitrogen and oxygen atoms in total. The summed E-state index contributed by atoms with van der Waals surface area (Å²) in [5, 5.41) is 0. The number of ketones is 1. The van der Waals surface area contributed by atoms with Crippen molar-refractivity contribution < 1.29 is 14.3 Å². The quantitative estimate of drug-likeness (QED) is 0.465. The summed E-state index contributed by atoms with van der Waals surface area (Å²) in [5.74, 6) is -0.151. The fraction of sp³-hybridized carbons (Fsp3) is 0.636. The lowest BCUT2D eigenvalue weighted by molar-refractivity contribution is -0.143. The molecule has 0 aliphatic carbocycles. The van der Waals surface area contributed by atoms with Crippen molar-refractivity contribution >= 4 is 11.8 Å². The second-order valence-electron chi connectivity index (χ2n) is 3.24. The molecule has 0 saturated carbocycles. The van der Waals surface area contributed by atoms with Gasteiger partial charge in [-0.3, -0.25) is 4.79 Å². The lowest BCUT2D eigenvalue weighted by Crippen LogP contribution is -2.15. The molecule has 0 atom stereocenters. The van der Waals surface area contributed by atoms with Gasteiger partial charge in [0.15, 0.2) is 5.78 Å². The third-order valence-electron chi connectivity index (χ3n) is 2.21. The molecule has 0 unspecified atom stereocenters. The zero-order valence-electron chi connectivity index (χ0n) is 8.91. The summed E-state index contributed by atoms with van der Waals surface area (Å²) in [5.41, 5.74) is 0. The Morgan fingerprint density at radius 2 is 1.93 bits per heavy atom. The Balaban J connectivity index is 3.74. The number of rotatable bonds is 7. The van der Waals surface area contributed by atoms with Gasteiger partial charge in [0, 0.05) is 12.5 Å². The van der Waals surface area contributed by atoms with E-state index in [0.29, 0.717) is 12.3 Å². The number of carbonyl (C=O) groups excluding carboxylic acids is 2. The zero-order valence-corrected chi connectivity index (χ0v) is 8.91. The monoisotopic (exact) mass is 198 g/mol. The summed E-state index contributed by atoms with van der Waals surface area (Å²) in [6.07, 6.45) is 3.52. The highest BCUT2D eigenvalue weighted by molar-refractivity contribution is 5.86. The van der Waals surface area contributed by atoms with Crippen LogP contribution in [-0.2, 0) is 14.3 Å². The molecule has 80 valence electrons. The van der Waals surface area contributed by atoms with Crippen molar-refractivity contribution in [2.45, 2.75) is 33.1 Å². The summed E-state index contributed by atoms with van der Waals surface area (Å²) in [7, 11) is 0. The van der Waals surface area contributed by atoms with Crippen LogP contribution in [0.5, 0.6) is 0 Å². The topological polar surface area (TPSA) is 43.4 Å². The SMILES string of the molecule is C=CC(=O)OCC(=O)CC(CC)CC. The molecule has 0 amide bonds.